The summed E-state index contributed by atoms with van der Waals surface area (Å²) < 4.78 is 10.8. The minimum atomic E-state index is -0.461. The molecular formula is C17H27NO3. The van der Waals surface area contributed by atoms with E-state index >= 15 is 0 Å². The molecule has 1 fully saturated rings. The summed E-state index contributed by atoms with van der Waals surface area (Å²) in [6, 6.07) is 0. The molecule has 4 nitrogen and oxygen atoms in total. The number of carbonyl (C=O) groups excluding carboxylic acids is 1. The monoisotopic (exact) mass is 293 g/mol. The van der Waals surface area contributed by atoms with Gasteiger partial charge in [-0.3, -0.25) is 4.90 Å². The summed E-state index contributed by atoms with van der Waals surface area (Å²) in [5.74, 6) is 2.37. The first-order valence-electron chi connectivity index (χ1n) is 7.27. The predicted molar refractivity (Wildman–Crippen MR) is 83.6 cm³/mol. The molecular weight excluding hydrogens is 266 g/mol. The highest BCUT2D eigenvalue weighted by molar-refractivity contribution is 5.82. The van der Waals surface area contributed by atoms with Crippen molar-refractivity contribution < 1.29 is 14.3 Å². The van der Waals surface area contributed by atoms with Gasteiger partial charge < -0.3 is 9.47 Å². The number of terminal acetylenes is 1. The first-order valence-corrected chi connectivity index (χ1v) is 7.27. The summed E-state index contributed by atoms with van der Waals surface area (Å²) in [5, 5.41) is 0. The highest BCUT2D eigenvalue weighted by atomic mass is 16.5. The van der Waals surface area contributed by atoms with Gasteiger partial charge in [-0.1, -0.05) is 5.92 Å². The van der Waals surface area contributed by atoms with Gasteiger partial charge >= 0.3 is 5.97 Å². The Morgan fingerprint density at radius 1 is 1.33 bits per heavy atom. The number of ether oxygens (including phenoxy) is 2. The van der Waals surface area contributed by atoms with Crippen LogP contribution in [0.4, 0.5) is 0 Å². The van der Waals surface area contributed by atoms with Crippen molar-refractivity contribution in [2.45, 2.75) is 64.6 Å². The van der Waals surface area contributed by atoms with Crippen LogP contribution < -0.4 is 0 Å². The van der Waals surface area contributed by atoms with Crippen molar-refractivity contribution in [1.29, 1.82) is 0 Å². The van der Waals surface area contributed by atoms with E-state index in [2.05, 4.69) is 45.6 Å². The fourth-order valence-corrected chi connectivity index (χ4v) is 2.98. The average Bonchev–Trinajstić information content (AvgIpc) is 2.32. The van der Waals surface area contributed by atoms with Gasteiger partial charge in [0.05, 0.1) is 6.08 Å². The van der Waals surface area contributed by atoms with E-state index in [9.17, 15) is 4.79 Å². The number of likely N-dealkylation sites (tertiary alicyclic amines) is 1. The summed E-state index contributed by atoms with van der Waals surface area (Å²) in [6.07, 6.45) is 8.32. The van der Waals surface area contributed by atoms with Crippen LogP contribution in [0, 0.1) is 12.3 Å². The number of carbonyl (C=O) groups is 1. The molecule has 21 heavy (non-hydrogen) atoms. The molecule has 0 bridgehead atoms. The third kappa shape index (κ3) is 4.78. The zero-order chi connectivity index (χ0) is 16.3. The molecule has 4 heteroatoms. The van der Waals surface area contributed by atoms with Crippen molar-refractivity contribution in [3.63, 3.8) is 0 Å². The Kier molecular flexibility index (Phi) is 5.47. The molecule has 0 radical (unpaired) electrons. The second-order valence-corrected chi connectivity index (χ2v) is 6.90. The SMILES string of the molecule is C#CCOC(=O)/C=C(/C)OC1CC(C)(C)N(C)C(C)(C)C1. The lowest BCUT2D eigenvalue weighted by Crippen LogP contribution is -2.60. The van der Waals surface area contributed by atoms with Crippen LogP contribution in [0.1, 0.15) is 47.5 Å². The Labute approximate surface area is 128 Å². The van der Waals surface area contributed by atoms with Crippen molar-refractivity contribution in [1.82, 2.24) is 4.90 Å². The number of hydrogen-bond acceptors (Lipinski definition) is 4. The van der Waals surface area contributed by atoms with Gasteiger partial charge in [-0.25, -0.2) is 4.79 Å². The molecule has 1 saturated heterocycles. The molecule has 0 N–H and O–H groups in total. The largest absolute Gasteiger partial charge is 0.495 e. The van der Waals surface area contributed by atoms with Gasteiger partial charge in [0.15, 0.2) is 6.61 Å². The van der Waals surface area contributed by atoms with Crippen LogP contribution in [-0.4, -0.2) is 41.7 Å². The number of piperidine rings is 1. The van der Waals surface area contributed by atoms with Crippen molar-refractivity contribution in [3.8, 4) is 12.3 Å². The van der Waals surface area contributed by atoms with E-state index in [-0.39, 0.29) is 23.8 Å². The third-order valence-corrected chi connectivity index (χ3v) is 4.24. The molecule has 0 aliphatic carbocycles. The maximum absolute atomic E-state index is 11.5. The van der Waals surface area contributed by atoms with Crippen molar-refractivity contribution in [2.75, 3.05) is 13.7 Å². The number of nitrogens with zero attached hydrogens (tertiary/aromatic N) is 1. The average molecular weight is 293 g/mol. The van der Waals surface area contributed by atoms with Gasteiger partial charge in [-0.2, -0.15) is 0 Å². The van der Waals surface area contributed by atoms with Gasteiger partial charge in [-0.15, -0.1) is 6.42 Å². The predicted octanol–water partition coefficient (Wildman–Crippen LogP) is 2.73. The second-order valence-electron chi connectivity index (χ2n) is 6.90. The van der Waals surface area contributed by atoms with Gasteiger partial charge in [0.2, 0.25) is 0 Å². The fraction of sp³-hybridized carbons (Fsp3) is 0.706. The molecule has 0 saturated carbocycles. The lowest BCUT2D eigenvalue weighted by Gasteiger charge is -2.53. The quantitative estimate of drug-likeness (QED) is 0.346. The summed E-state index contributed by atoms with van der Waals surface area (Å²) in [6.45, 7) is 10.6. The Bertz CT molecular complexity index is 439. The highest BCUT2D eigenvalue weighted by Crippen LogP contribution is 2.38. The standard InChI is InChI=1S/C17H27NO3/c1-8-9-20-15(19)10-13(2)21-14-11-16(3,4)18(7)17(5,6)12-14/h1,10,14H,9,11-12H2,2-7H3/b13-10-. The lowest BCUT2D eigenvalue weighted by atomic mass is 9.79. The molecule has 0 aromatic heterocycles. The van der Waals surface area contributed by atoms with E-state index in [0.717, 1.165) is 12.8 Å². The number of allylic oxidation sites excluding steroid dienone is 1. The van der Waals surface area contributed by atoms with E-state index in [1.54, 1.807) is 6.92 Å². The van der Waals surface area contributed by atoms with Crippen LogP contribution in [0.2, 0.25) is 0 Å². The van der Waals surface area contributed by atoms with E-state index in [4.69, 9.17) is 15.9 Å². The summed E-state index contributed by atoms with van der Waals surface area (Å²) in [7, 11) is 2.15. The second kappa shape index (κ2) is 6.53. The van der Waals surface area contributed by atoms with Crippen LogP contribution in [0.25, 0.3) is 0 Å². The molecule has 1 rings (SSSR count). The maximum Gasteiger partial charge on any atom is 0.335 e. The lowest BCUT2D eigenvalue weighted by molar-refractivity contribution is -0.136. The smallest absolute Gasteiger partial charge is 0.335 e. The van der Waals surface area contributed by atoms with Crippen molar-refractivity contribution in [3.05, 3.63) is 11.8 Å². The van der Waals surface area contributed by atoms with Crippen LogP contribution >= 0.6 is 0 Å². The van der Waals surface area contributed by atoms with Crippen LogP contribution in [0.3, 0.4) is 0 Å². The Balaban J connectivity index is 2.69. The topological polar surface area (TPSA) is 38.8 Å². The molecule has 1 aliphatic heterocycles. The summed E-state index contributed by atoms with van der Waals surface area (Å²) >= 11 is 0. The van der Waals surface area contributed by atoms with Crippen LogP contribution in [-0.2, 0) is 14.3 Å². The van der Waals surface area contributed by atoms with Gasteiger partial charge in [-0.05, 0) is 41.7 Å². The van der Waals surface area contributed by atoms with E-state index in [1.165, 1.54) is 6.08 Å². The fourth-order valence-electron chi connectivity index (χ4n) is 2.98. The summed E-state index contributed by atoms with van der Waals surface area (Å²) in [4.78, 5) is 13.9. The van der Waals surface area contributed by atoms with Crippen molar-refractivity contribution in [2.24, 2.45) is 0 Å². The van der Waals surface area contributed by atoms with Crippen LogP contribution in [0.5, 0.6) is 0 Å². The van der Waals surface area contributed by atoms with E-state index in [0.29, 0.717) is 5.76 Å². The number of esters is 1. The van der Waals surface area contributed by atoms with Crippen LogP contribution in [0.15, 0.2) is 11.8 Å². The molecule has 0 unspecified atom stereocenters. The molecule has 1 aliphatic rings. The minimum Gasteiger partial charge on any atom is -0.495 e. The normalized spacial score (nSPS) is 22.4. The van der Waals surface area contributed by atoms with E-state index in [1.807, 2.05) is 0 Å². The maximum atomic E-state index is 11.5. The molecule has 0 amide bonds. The molecule has 0 spiro atoms. The first-order chi connectivity index (χ1) is 9.58. The minimum absolute atomic E-state index is 0.0170. The Morgan fingerprint density at radius 2 is 1.86 bits per heavy atom. The van der Waals surface area contributed by atoms with Gasteiger partial charge in [0.1, 0.15) is 11.9 Å². The molecule has 118 valence electrons. The summed E-state index contributed by atoms with van der Waals surface area (Å²) in [5.41, 5.74) is 0.105. The zero-order valence-electron chi connectivity index (χ0n) is 14.0. The van der Waals surface area contributed by atoms with E-state index < -0.39 is 5.97 Å². The highest BCUT2D eigenvalue weighted by Gasteiger charge is 2.43. The third-order valence-electron chi connectivity index (χ3n) is 4.24. The van der Waals surface area contributed by atoms with Crippen molar-refractivity contribution >= 4 is 5.97 Å². The van der Waals surface area contributed by atoms with Gasteiger partial charge in [0.25, 0.3) is 0 Å². The Morgan fingerprint density at radius 3 is 2.33 bits per heavy atom. The first kappa shape index (κ1) is 17.6. The molecule has 0 atom stereocenters. The number of rotatable bonds is 4. The Hall–Kier alpha value is -1.47. The molecule has 0 aromatic carbocycles. The molecule has 0 aromatic rings. The number of hydrogen-bond donors (Lipinski definition) is 0. The zero-order valence-corrected chi connectivity index (χ0v) is 14.0. The van der Waals surface area contributed by atoms with Gasteiger partial charge in [0, 0.05) is 23.9 Å². The molecule has 1 heterocycles.